The first kappa shape index (κ1) is 16.5. The fraction of sp³-hybridized carbons (Fsp3) is 0.824. The standard InChI is InChI=1S/C17H31N3O/c1-4-14(18)17-15(5-2)19-20(16(17)6-3)11-7-9-13-10-8-12-21-13/h13-14H,4-12,18H2,1-3H3. The van der Waals surface area contributed by atoms with E-state index in [-0.39, 0.29) is 6.04 Å². The van der Waals surface area contributed by atoms with Crippen molar-refractivity contribution in [2.45, 2.75) is 84.4 Å². The first-order valence-electron chi connectivity index (χ1n) is 8.66. The third kappa shape index (κ3) is 3.86. The van der Waals surface area contributed by atoms with Gasteiger partial charge in [-0.25, -0.2) is 0 Å². The van der Waals surface area contributed by atoms with Crippen LogP contribution < -0.4 is 5.73 Å². The summed E-state index contributed by atoms with van der Waals surface area (Å²) in [5.74, 6) is 0. The van der Waals surface area contributed by atoms with Gasteiger partial charge in [0.25, 0.3) is 0 Å². The minimum Gasteiger partial charge on any atom is -0.378 e. The Morgan fingerprint density at radius 3 is 2.71 bits per heavy atom. The molecule has 0 bridgehead atoms. The van der Waals surface area contributed by atoms with E-state index < -0.39 is 0 Å². The van der Waals surface area contributed by atoms with Gasteiger partial charge in [-0.3, -0.25) is 4.68 Å². The van der Waals surface area contributed by atoms with Crippen molar-refractivity contribution < 1.29 is 4.74 Å². The van der Waals surface area contributed by atoms with E-state index >= 15 is 0 Å². The number of nitrogens with two attached hydrogens (primary N) is 1. The molecule has 120 valence electrons. The lowest BCUT2D eigenvalue weighted by atomic mass is 10.00. The maximum atomic E-state index is 6.32. The van der Waals surface area contributed by atoms with Gasteiger partial charge in [0, 0.05) is 30.5 Å². The molecule has 0 radical (unpaired) electrons. The van der Waals surface area contributed by atoms with Crippen molar-refractivity contribution >= 4 is 0 Å². The Morgan fingerprint density at radius 1 is 1.33 bits per heavy atom. The van der Waals surface area contributed by atoms with Crippen LogP contribution in [0.1, 0.15) is 75.9 Å². The Bertz CT molecular complexity index is 435. The summed E-state index contributed by atoms with van der Waals surface area (Å²) < 4.78 is 7.91. The normalized spacial score (nSPS) is 20.1. The van der Waals surface area contributed by atoms with Crippen LogP contribution in [-0.4, -0.2) is 22.5 Å². The molecule has 0 saturated carbocycles. The van der Waals surface area contributed by atoms with Gasteiger partial charge >= 0.3 is 0 Å². The van der Waals surface area contributed by atoms with Crippen LogP contribution in [0.5, 0.6) is 0 Å². The number of hydrogen-bond donors (Lipinski definition) is 1. The zero-order valence-electron chi connectivity index (χ0n) is 13.9. The van der Waals surface area contributed by atoms with Gasteiger partial charge in [-0.05, 0) is 44.9 Å². The van der Waals surface area contributed by atoms with E-state index in [1.54, 1.807) is 0 Å². The van der Waals surface area contributed by atoms with Crippen LogP contribution in [-0.2, 0) is 24.1 Å². The summed E-state index contributed by atoms with van der Waals surface area (Å²) in [6, 6.07) is 0.127. The molecule has 4 nitrogen and oxygen atoms in total. The third-order valence-corrected chi connectivity index (χ3v) is 4.58. The number of hydrogen-bond acceptors (Lipinski definition) is 3. The van der Waals surface area contributed by atoms with Gasteiger partial charge in [0.05, 0.1) is 11.8 Å². The van der Waals surface area contributed by atoms with Gasteiger partial charge in [-0.1, -0.05) is 20.8 Å². The van der Waals surface area contributed by atoms with Crippen molar-refractivity contribution in [1.29, 1.82) is 0 Å². The van der Waals surface area contributed by atoms with Crippen LogP contribution in [0.2, 0.25) is 0 Å². The van der Waals surface area contributed by atoms with Gasteiger partial charge in [0.15, 0.2) is 0 Å². The largest absolute Gasteiger partial charge is 0.378 e. The molecule has 2 atom stereocenters. The molecule has 0 amide bonds. The number of nitrogens with zero attached hydrogens (tertiary/aromatic N) is 2. The highest BCUT2D eigenvalue weighted by Gasteiger charge is 2.20. The average Bonchev–Trinajstić information content (AvgIpc) is 3.13. The summed E-state index contributed by atoms with van der Waals surface area (Å²) in [7, 11) is 0. The lowest BCUT2D eigenvalue weighted by Gasteiger charge is -2.13. The van der Waals surface area contributed by atoms with E-state index in [1.165, 1.54) is 29.8 Å². The Labute approximate surface area is 129 Å². The molecule has 1 saturated heterocycles. The van der Waals surface area contributed by atoms with Crippen LogP contribution in [0.25, 0.3) is 0 Å². The molecule has 1 aliphatic rings. The highest BCUT2D eigenvalue weighted by Crippen LogP contribution is 2.25. The van der Waals surface area contributed by atoms with Crippen LogP contribution in [0.4, 0.5) is 0 Å². The predicted octanol–water partition coefficient (Wildman–Crippen LogP) is 3.38. The molecule has 1 aromatic rings. The summed E-state index contributed by atoms with van der Waals surface area (Å²) >= 11 is 0. The van der Waals surface area contributed by atoms with Gasteiger partial charge in [-0.15, -0.1) is 0 Å². The molecule has 0 aromatic carbocycles. The van der Waals surface area contributed by atoms with Crippen LogP contribution in [0.15, 0.2) is 0 Å². The molecular weight excluding hydrogens is 262 g/mol. The van der Waals surface area contributed by atoms with Crippen molar-refractivity contribution in [3.8, 4) is 0 Å². The number of aromatic nitrogens is 2. The maximum absolute atomic E-state index is 6.32. The zero-order valence-corrected chi connectivity index (χ0v) is 13.9. The monoisotopic (exact) mass is 293 g/mol. The van der Waals surface area contributed by atoms with Gasteiger partial charge < -0.3 is 10.5 Å². The van der Waals surface area contributed by atoms with E-state index in [4.69, 9.17) is 15.6 Å². The molecule has 4 heteroatoms. The first-order chi connectivity index (χ1) is 10.2. The maximum Gasteiger partial charge on any atom is 0.0672 e. The predicted molar refractivity (Wildman–Crippen MR) is 86.4 cm³/mol. The molecule has 2 unspecified atom stereocenters. The summed E-state index contributed by atoms with van der Waals surface area (Å²) in [5.41, 5.74) is 10.2. The fourth-order valence-electron chi connectivity index (χ4n) is 3.36. The van der Waals surface area contributed by atoms with E-state index in [0.29, 0.717) is 6.10 Å². The highest BCUT2D eigenvalue weighted by atomic mass is 16.5. The Morgan fingerprint density at radius 2 is 2.14 bits per heavy atom. The summed E-state index contributed by atoms with van der Waals surface area (Å²) in [6.45, 7) is 8.47. The molecular formula is C17H31N3O. The third-order valence-electron chi connectivity index (χ3n) is 4.58. The van der Waals surface area contributed by atoms with E-state index in [0.717, 1.165) is 45.3 Å². The highest BCUT2D eigenvalue weighted by molar-refractivity contribution is 5.30. The molecule has 2 rings (SSSR count). The number of aryl methyl sites for hydroxylation is 2. The average molecular weight is 293 g/mol. The Hall–Kier alpha value is -0.870. The molecule has 21 heavy (non-hydrogen) atoms. The first-order valence-corrected chi connectivity index (χ1v) is 8.66. The summed E-state index contributed by atoms with van der Waals surface area (Å²) in [6.07, 6.45) is 8.18. The minimum absolute atomic E-state index is 0.127. The number of ether oxygens (including phenoxy) is 1. The van der Waals surface area contributed by atoms with Crippen molar-refractivity contribution in [3.05, 3.63) is 17.0 Å². The SMILES string of the molecule is CCc1nn(CCCC2CCCO2)c(CC)c1C(N)CC. The summed E-state index contributed by atoms with van der Waals surface area (Å²) in [4.78, 5) is 0. The number of rotatable bonds is 8. The van der Waals surface area contributed by atoms with Crippen molar-refractivity contribution in [2.75, 3.05) is 6.61 Å². The van der Waals surface area contributed by atoms with E-state index in [9.17, 15) is 0 Å². The molecule has 1 aromatic heterocycles. The topological polar surface area (TPSA) is 53.1 Å². The van der Waals surface area contributed by atoms with Crippen molar-refractivity contribution in [2.24, 2.45) is 5.73 Å². The second-order valence-electron chi connectivity index (χ2n) is 6.03. The fourth-order valence-corrected chi connectivity index (χ4v) is 3.36. The molecule has 2 heterocycles. The van der Waals surface area contributed by atoms with Gasteiger partial charge in [0.2, 0.25) is 0 Å². The van der Waals surface area contributed by atoms with Crippen molar-refractivity contribution in [3.63, 3.8) is 0 Å². The molecule has 1 aliphatic heterocycles. The van der Waals surface area contributed by atoms with Crippen LogP contribution in [0, 0.1) is 0 Å². The van der Waals surface area contributed by atoms with E-state index in [1.807, 2.05) is 0 Å². The summed E-state index contributed by atoms with van der Waals surface area (Å²) in [5, 5.41) is 4.83. The lowest BCUT2D eigenvalue weighted by molar-refractivity contribution is 0.101. The minimum atomic E-state index is 0.127. The van der Waals surface area contributed by atoms with Crippen LogP contribution >= 0.6 is 0 Å². The lowest BCUT2D eigenvalue weighted by Crippen LogP contribution is -2.14. The van der Waals surface area contributed by atoms with Gasteiger partial charge in [-0.2, -0.15) is 5.10 Å². The molecule has 1 fully saturated rings. The molecule has 0 aliphatic carbocycles. The molecule has 2 N–H and O–H groups in total. The van der Waals surface area contributed by atoms with Gasteiger partial charge in [0.1, 0.15) is 0 Å². The Kier molecular flexibility index (Phi) is 6.24. The van der Waals surface area contributed by atoms with E-state index in [2.05, 4.69) is 25.5 Å². The smallest absolute Gasteiger partial charge is 0.0672 e. The van der Waals surface area contributed by atoms with Crippen molar-refractivity contribution in [1.82, 2.24) is 9.78 Å². The quantitative estimate of drug-likeness (QED) is 0.799. The van der Waals surface area contributed by atoms with Crippen LogP contribution in [0.3, 0.4) is 0 Å². The zero-order chi connectivity index (χ0) is 15.2. The second kappa shape index (κ2) is 7.95. The second-order valence-corrected chi connectivity index (χ2v) is 6.03. The Balaban J connectivity index is 2.05. The molecule has 0 spiro atoms.